The first kappa shape index (κ1) is 18.6. The van der Waals surface area contributed by atoms with Crippen LogP contribution in [0.1, 0.15) is 58.9 Å². The first-order valence-corrected chi connectivity index (χ1v) is 6.58. The Bertz CT molecular complexity index is 475. The van der Waals surface area contributed by atoms with Gasteiger partial charge in [-0.1, -0.05) is 19.8 Å². The van der Waals surface area contributed by atoms with Crippen LogP contribution < -0.4 is 0 Å². The second kappa shape index (κ2) is 9.52. The Labute approximate surface area is 123 Å². The number of hydrogen-bond donors (Lipinski definition) is 3. The smallest absolute Gasteiger partial charge is 0.335 e. The maximum Gasteiger partial charge on any atom is 0.335 e. The molecule has 0 unspecified atom stereocenters. The van der Waals surface area contributed by atoms with Crippen molar-refractivity contribution in [2.75, 3.05) is 0 Å². The molecule has 0 aliphatic rings. The molecular weight excluding hydrogens is 276 g/mol. The highest BCUT2D eigenvalue weighted by Crippen LogP contribution is 2.09. The van der Waals surface area contributed by atoms with Crippen molar-refractivity contribution in [3.63, 3.8) is 0 Å². The molecule has 116 valence electrons. The number of hydrogen-bond acceptors (Lipinski definition) is 3. The zero-order chi connectivity index (χ0) is 16.4. The van der Waals surface area contributed by atoms with Gasteiger partial charge >= 0.3 is 17.9 Å². The zero-order valence-corrected chi connectivity index (χ0v) is 12.1. The predicted molar refractivity (Wildman–Crippen MR) is 76.9 cm³/mol. The monoisotopic (exact) mass is 296 g/mol. The number of rotatable bonds is 6. The van der Waals surface area contributed by atoms with E-state index in [1.807, 2.05) is 0 Å². The molecule has 6 nitrogen and oxygen atoms in total. The highest BCUT2D eigenvalue weighted by Gasteiger charge is 2.09. The molecule has 0 saturated heterocycles. The minimum atomic E-state index is -1.12. The molecule has 0 saturated carbocycles. The quantitative estimate of drug-likeness (QED) is 0.695. The lowest BCUT2D eigenvalue weighted by Gasteiger charge is -1.99. The molecule has 21 heavy (non-hydrogen) atoms. The van der Waals surface area contributed by atoms with E-state index in [0.29, 0.717) is 12.0 Å². The number of aliphatic carboxylic acids is 1. The van der Waals surface area contributed by atoms with Crippen LogP contribution in [0.25, 0.3) is 0 Å². The highest BCUT2D eigenvalue weighted by molar-refractivity contribution is 5.94. The van der Waals surface area contributed by atoms with Crippen LogP contribution in [0.5, 0.6) is 0 Å². The minimum Gasteiger partial charge on any atom is -0.481 e. The number of carboxylic acids is 3. The van der Waals surface area contributed by atoms with E-state index in [4.69, 9.17) is 15.3 Å². The Kier molecular flexibility index (Phi) is 8.45. The minimum absolute atomic E-state index is 0.00241. The van der Waals surface area contributed by atoms with Gasteiger partial charge in [0.15, 0.2) is 0 Å². The Balaban J connectivity index is 0.000000433. The first-order valence-electron chi connectivity index (χ1n) is 6.58. The number of aromatic carboxylic acids is 2. The summed E-state index contributed by atoms with van der Waals surface area (Å²) in [5.41, 5.74) is 0.618. The van der Waals surface area contributed by atoms with E-state index in [1.165, 1.54) is 12.1 Å². The molecular formula is C15H20O6. The number of carboxylic acid groups (broad SMARTS) is 3. The van der Waals surface area contributed by atoms with Crippen LogP contribution >= 0.6 is 0 Å². The van der Waals surface area contributed by atoms with E-state index in [-0.39, 0.29) is 11.1 Å². The molecule has 0 aromatic heterocycles. The molecule has 0 aliphatic carbocycles. The van der Waals surface area contributed by atoms with Crippen molar-refractivity contribution in [2.45, 2.75) is 39.5 Å². The van der Waals surface area contributed by atoms with Crippen LogP contribution in [0.15, 0.2) is 18.2 Å². The maximum absolute atomic E-state index is 10.5. The summed E-state index contributed by atoms with van der Waals surface area (Å²) in [6.45, 7) is 3.71. The molecule has 0 aliphatic heterocycles. The third-order valence-corrected chi connectivity index (χ3v) is 2.57. The Morgan fingerprint density at radius 3 is 1.71 bits per heavy atom. The van der Waals surface area contributed by atoms with Crippen LogP contribution in [0, 0.1) is 6.92 Å². The van der Waals surface area contributed by atoms with Gasteiger partial charge in [-0.25, -0.2) is 9.59 Å². The average Bonchev–Trinajstić information content (AvgIpc) is 2.38. The summed E-state index contributed by atoms with van der Waals surface area (Å²) in [7, 11) is 0. The summed E-state index contributed by atoms with van der Waals surface area (Å²) in [4.78, 5) is 30.9. The van der Waals surface area contributed by atoms with E-state index in [2.05, 4.69) is 6.92 Å². The SMILES string of the molecule is CCCCCC(=O)O.Cc1cc(C(=O)O)cc(C(=O)O)c1. The van der Waals surface area contributed by atoms with Crippen molar-refractivity contribution in [1.29, 1.82) is 0 Å². The Morgan fingerprint density at radius 2 is 1.38 bits per heavy atom. The molecule has 1 aromatic rings. The summed E-state index contributed by atoms with van der Waals surface area (Å²) in [5.74, 6) is -2.92. The van der Waals surface area contributed by atoms with Gasteiger partial charge in [-0.15, -0.1) is 0 Å². The second-order valence-corrected chi connectivity index (χ2v) is 4.55. The van der Waals surface area contributed by atoms with Gasteiger partial charge in [0.1, 0.15) is 0 Å². The summed E-state index contributed by atoms with van der Waals surface area (Å²) in [5, 5.41) is 25.4. The van der Waals surface area contributed by atoms with Gasteiger partial charge in [0.25, 0.3) is 0 Å². The molecule has 0 atom stereocenters. The lowest BCUT2D eigenvalue weighted by Crippen LogP contribution is -2.02. The fourth-order valence-electron chi connectivity index (χ4n) is 1.56. The third-order valence-electron chi connectivity index (χ3n) is 2.57. The fraction of sp³-hybridized carbons (Fsp3) is 0.400. The molecule has 1 rings (SSSR count). The lowest BCUT2D eigenvalue weighted by atomic mass is 10.1. The van der Waals surface area contributed by atoms with E-state index in [0.717, 1.165) is 25.3 Å². The van der Waals surface area contributed by atoms with Crippen molar-refractivity contribution >= 4 is 17.9 Å². The molecule has 1 aromatic carbocycles. The van der Waals surface area contributed by atoms with Crippen LogP contribution in [0.2, 0.25) is 0 Å². The third kappa shape index (κ3) is 8.41. The molecule has 0 amide bonds. The van der Waals surface area contributed by atoms with E-state index in [1.54, 1.807) is 6.92 Å². The standard InChI is InChI=1S/C9H8O4.C6H12O2/c1-5-2-6(8(10)11)4-7(3-5)9(12)13;1-2-3-4-5-6(7)8/h2-4H,1H3,(H,10,11)(H,12,13);2-5H2,1H3,(H,7,8). The van der Waals surface area contributed by atoms with E-state index in [9.17, 15) is 14.4 Å². The maximum atomic E-state index is 10.5. The van der Waals surface area contributed by atoms with Gasteiger partial charge in [0, 0.05) is 6.42 Å². The van der Waals surface area contributed by atoms with Crippen molar-refractivity contribution in [2.24, 2.45) is 0 Å². The van der Waals surface area contributed by atoms with Crippen molar-refractivity contribution in [3.8, 4) is 0 Å². The number of unbranched alkanes of at least 4 members (excludes halogenated alkanes) is 2. The van der Waals surface area contributed by atoms with Crippen molar-refractivity contribution in [1.82, 2.24) is 0 Å². The molecule has 6 heteroatoms. The molecule has 0 fully saturated rings. The average molecular weight is 296 g/mol. The topological polar surface area (TPSA) is 112 Å². The van der Waals surface area contributed by atoms with Crippen LogP contribution in [0.3, 0.4) is 0 Å². The summed E-state index contributed by atoms with van der Waals surface area (Å²) < 4.78 is 0. The first-order chi connectivity index (χ1) is 9.77. The van der Waals surface area contributed by atoms with Crippen LogP contribution in [0.4, 0.5) is 0 Å². The van der Waals surface area contributed by atoms with E-state index >= 15 is 0 Å². The van der Waals surface area contributed by atoms with Crippen LogP contribution in [-0.4, -0.2) is 33.2 Å². The van der Waals surface area contributed by atoms with Crippen molar-refractivity contribution < 1.29 is 29.7 Å². The van der Waals surface area contributed by atoms with Gasteiger partial charge in [0.2, 0.25) is 0 Å². The largest absolute Gasteiger partial charge is 0.481 e. The lowest BCUT2D eigenvalue weighted by molar-refractivity contribution is -0.137. The normalized spacial score (nSPS) is 9.43. The second-order valence-electron chi connectivity index (χ2n) is 4.55. The molecule has 0 bridgehead atoms. The van der Waals surface area contributed by atoms with Gasteiger partial charge in [-0.05, 0) is 37.1 Å². The number of aryl methyl sites for hydroxylation is 1. The van der Waals surface area contributed by atoms with Crippen LogP contribution in [-0.2, 0) is 4.79 Å². The molecule has 0 heterocycles. The summed E-state index contributed by atoms with van der Waals surface area (Å²) >= 11 is 0. The Hall–Kier alpha value is -2.37. The fourth-order valence-corrected chi connectivity index (χ4v) is 1.56. The van der Waals surface area contributed by atoms with E-state index < -0.39 is 17.9 Å². The summed E-state index contributed by atoms with van der Waals surface area (Å²) in [6, 6.07) is 3.99. The number of carbonyl (C=O) groups is 3. The molecule has 0 spiro atoms. The molecule has 3 N–H and O–H groups in total. The van der Waals surface area contributed by atoms with Gasteiger partial charge in [-0.3, -0.25) is 4.79 Å². The van der Waals surface area contributed by atoms with Crippen molar-refractivity contribution in [3.05, 3.63) is 34.9 Å². The predicted octanol–water partition coefficient (Wildman–Crippen LogP) is 3.04. The molecule has 0 radical (unpaired) electrons. The zero-order valence-electron chi connectivity index (χ0n) is 12.1. The van der Waals surface area contributed by atoms with Gasteiger partial charge in [-0.2, -0.15) is 0 Å². The highest BCUT2D eigenvalue weighted by atomic mass is 16.4. The number of benzene rings is 1. The Morgan fingerprint density at radius 1 is 0.905 bits per heavy atom. The van der Waals surface area contributed by atoms with Gasteiger partial charge in [0.05, 0.1) is 11.1 Å². The summed E-state index contributed by atoms with van der Waals surface area (Å²) in [6.07, 6.45) is 3.28. The van der Waals surface area contributed by atoms with Gasteiger partial charge < -0.3 is 15.3 Å².